The molecule has 0 spiro atoms. The second-order valence-corrected chi connectivity index (χ2v) is 5.28. The highest BCUT2D eigenvalue weighted by atomic mass is 16.5. The fourth-order valence-corrected chi connectivity index (χ4v) is 3.24. The highest BCUT2D eigenvalue weighted by Gasteiger charge is 2.40. The van der Waals surface area contributed by atoms with Crippen LogP contribution in [-0.2, 0) is 4.74 Å². The number of aryl methyl sites for hydroxylation is 1. The van der Waals surface area contributed by atoms with Gasteiger partial charge in [-0.2, -0.15) is 0 Å². The lowest BCUT2D eigenvalue weighted by Gasteiger charge is -2.43. The van der Waals surface area contributed by atoms with Gasteiger partial charge in [0.05, 0.1) is 11.6 Å². The van der Waals surface area contributed by atoms with Gasteiger partial charge < -0.3 is 10.1 Å². The average Bonchev–Trinajstić information content (AvgIpc) is 2.43. The van der Waals surface area contributed by atoms with Crippen molar-refractivity contribution >= 4 is 0 Å². The van der Waals surface area contributed by atoms with E-state index in [0.717, 1.165) is 12.8 Å². The Morgan fingerprint density at radius 1 is 1.33 bits per heavy atom. The zero-order valence-corrected chi connectivity index (χ0v) is 11.7. The van der Waals surface area contributed by atoms with Crippen LogP contribution in [0, 0.1) is 6.92 Å². The molecule has 1 fully saturated rings. The SMILES string of the molecule is CNC(c1cnccc1C)C1(OC)CCCCC1. The topological polar surface area (TPSA) is 34.2 Å². The molecule has 1 aromatic rings. The van der Waals surface area contributed by atoms with Gasteiger partial charge in [-0.1, -0.05) is 19.3 Å². The van der Waals surface area contributed by atoms with Gasteiger partial charge in [-0.15, -0.1) is 0 Å². The van der Waals surface area contributed by atoms with Crippen molar-refractivity contribution in [3.8, 4) is 0 Å². The standard InChI is InChI=1S/C15H24N2O/c1-12-7-10-17-11-13(12)14(16-2)15(18-3)8-5-4-6-9-15/h7,10-11,14,16H,4-6,8-9H2,1-3H3. The Kier molecular flexibility index (Phi) is 4.36. The molecule has 0 aliphatic heterocycles. The van der Waals surface area contributed by atoms with E-state index in [9.17, 15) is 0 Å². The minimum Gasteiger partial charge on any atom is -0.376 e. The van der Waals surface area contributed by atoms with Crippen LogP contribution < -0.4 is 5.32 Å². The molecule has 0 amide bonds. The number of nitrogens with zero attached hydrogens (tertiary/aromatic N) is 1. The van der Waals surface area contributed by atoms with Gasteiger partial charge in [0.2, 0.25) is 0 Å². The van der Waals surface area contributed by atoms with Crippen LogP contribution in [-0.4, -0.2) is 24.7 Å². The first-order valence-electron chi connectivity index (χ1n) is 6.86. The van der Waals surface area contributed by atoms with E-state index in [4.69, 9.17) is 4.74 Å². The number of methoxy groups -OCH3 is 1. The van der Waals surface area contributed by atoms with Gasteiger partial charge in [0.1, 0.15) is 0 Å². The highest BCUT2D eigenvalue weighted by molar-refractivity contribution is 5.28. The summed E-state index contributed by atoms with van der Waals surface area (Å²) < 4.78 is 5.95. The summed E-state index contributed by atoms with van der Waals surface area (Å²) in [6, 6.07) is 2.31. The van der Waals surface area contributed by atoms with Gasteiger partial charge in [-0.25, -0.2) is 0 Å². The normalized spacial score (nSPS) is 20.6. The number of nitrogens with one attached hydrogen (secondary N) is 1. The molecular weight excluding hydrogens is 224 g/mol. The minimum atomic E-state index is -0.0687. The molecule has 0 radical (unpaired) electrons. The summed E-state index contributed by atoms with van der Waals surface area (Å²) in [6.07, 6.45) is 9.93. The van der Waals surface area contributed by atoms with Gasteiger partial charge in [-0.3, -0.25) is 4.98 Å². The maximum Gasteiger partial charge on any atom is 0.0873 e. The fraction of sp³-hybridized carbons (Fsp3) is 0.667. The van der Waals surface area contributed by atoms with Crippen molar-refractivity contribution in [3.63, 3.8) is 0 Å². The van der Waals surface area contributed by atoms with E-state index in [2.05, 4.69) is 23.3 Å². The molecule has 18 heavy (non-hydrogen) atoms. The number of ether oxygens (including phenoxy) is 1. The lowest BCUT2D eigenvalue weighted by Crippen LogP contribution is -2.46. The van der Waals surface area contributed by atoms with Gasteiger partial charge >= 0.3 is 0 Å². The number of rotatable bonds is 4. The van der Waals surface area contributed by atoms with E-state index in [-0.39, 0.29) is 11.6 Å². The first-order valence-corrected chi connectivity index (χ1v) is 6.86. The van der Waals surface area contributed by atoms with Crippen molar-refractivity contribution in [2.24, 2.45) is 0 Å². The van der Waals surface area contributed by atoms with Gasteiger partial charge in [0.15, 0.2) is 0 Å². The first-order chi connectivity index (χ1) is 8.73. The smallest absolute Gasteiger partial charge is 0.0873 e. The van der Waals surface area contributed by atoms with Crippen LogP contribution in [0.15, 0.2) is 18.5 Å². The zero-order chi connectivity index (χ0) is 13.0. The molecule has 1 heterocycles. The number of pyridine rings is 1. The number of hydrogen-bond acceptors (Lipinski definition) is 3. The molecule has 3 nitrogen and oxygen atoms in total. The van der Waals surface area contributed by atoms with Crippen molar-refractivity contribution in [1.29, 1.82) is 0 Å². The van der Waals surface area contributed by atoms with E-state index < -0.39 is 0 Å². The molecule has 1 aliphatic carbocycles. The monoisotopic (exact) mass is 248 g/mol. The van der Waals surface area contributed by atoms with Crippen molar-refractivity contribution < 1.29 is 4.74 Å². The molecule has 2 rings (SSSR count). The van der Waals surface area contributed by atoms with Gasteiger partial charge in [-0.05, 0) is 44.0 Å². The summed E-state index contributed by atoms with van der Waals surface area (Å²) in [7, 11) is 3.87. The van der Waals surface area contributed by atoms with Crippen molar-refractivity contribution in [2.45, 2.75) is 50.7 Å². The highest BCUT2D eigenvalue weighted by Crippen LogP contribution is 2.41. The second kappa shape index (κ2) is 5.81. The molecule has 1 atom stereocenters. The van der Waals surface area contributed by atoms with Crippen LogP contribution in [0.2, 0.25) is 0 Å². The molecule has 1 N–H and O–H groups in total. The Morgan fingerprint density at radius 3 is 2.61 bits per heavy atom. The van der Waals surface area contributed by atoms with E-state index in [1.807, 2.05) is 26.6 Å². The van der Waals surface area contributed by atoms with Gasteiger partial charge in [0, 0.05) is 19.5 Å². The third kappa shape index (κ3) is 2.43. The molecule has 1 aliphatic rings. The van der Waals surface area contributed by atoms with Crippen LogP contribution in [0.25, 0.3) is 0 Å². The summed E-state index contributed by atoms with van der Waals surface area (Å²) >= 11 is 0. The van der Waals surface area contributed by atoms with Crippen LogP contribution in [0.5, 0.6) is 0 Å². The van der Waals surface area contributed by atoms with E-state index in [1.54, 1.807) is 0 Å². The molecule has 0 saturated heterocycles. The van der Waals surface area contributed by atoms with Gasteiger partial charge in [0.25, 0.3) is 0 Å². The Hall–Kier alpha value is -0.930. The summed E-state index contributed by atoms with van der Waals surface area (Å²) in [5.41, 5.74) is 2.48. The summed E-state index contributed by atoms with van der Waals surface area (Å²) in [5, 5.41) is 3.46. The van der Waals surface area contributed by atoms with Crippen molar-refractivity contribution in [3.05, 3.63) is 29.6 Å². The minimum absolute atomic E-state index is 0.0687. The van der Waals surface area contributed by atoms with Crippen molar-refractivity contribution in [1.82, 2.24) is 10.3 Å². The molecule has 0 bridgehead atoms. The zero-order valence-electron chi connectivity index (χ0n) is 11.7. The van der Waals surface area contributed by atoms with Crippen LogP contribution >= 0.6 is 0 Å². The molecule has 1 unspecified atom stereocenters. The summed E-state index contributed by atoms with van der Waals surface area (Å²) in [4.78, 5) is 4.28. The maximum absolute atomic E-state index is 5.95. The number of aromatic nitrogens is 1. The Bertz CT molecular complexity index is 386. The largest absolute Gasteiger partial charge is 0.376 e. The Balaban J connectivity index is 2.34. The lowest BCUT2D eigenvalue weighted by molar-refractivity contribution is -0.0673. The second-order valence-electron chi connectivity index (χ2n) is 5.28. The molecule has 100 valence electrons. The third-order valence-corrected chi connectivity index (χ3v) is 4.31. The number of hydrogen-bond donors (Lipinski definition) is 1. The molecule has 0 aromatic carbocycles. The first kappa shape index (κ1) is 13.5. The molecule has 3 heteroatoms. The predicted octanol–water partition coefficient (Wildman–Crippen LogP) is 3.00. The summed E-state index contributed by atoms with van der Waals surface area (Å²) in [5.74, 6) is 0. The molecule has 1 aromatic heterocycles. The predicted molar refractivity (Wildman–Crippen MR) is 73.6 cm³/mol. The average molecular weight is 248 g/mol. The quantitative estimate of drug-likeness (QED) is 0.889. The van der Waals surface area contributed by atoms with E-state index in [1.165, 1.54) is 30.4 Å². The van der Waals surface area contributed by atoms with Crippen LogP contribution in [0.3, 0.4) is 0 Å². The lowest BCUT2D eigenvalue weighted by atomic mass is 9.76. The Morgan fingerprint density at radius 2 is 2.06 bits per heavy atom. The van der Waals surface area contributed by atoms with Crippen LogP contribution in [0.1, 0.15) is 49.3 Å². The van der Waals surface area contributed by atoms with Crippen LogP contribution in [0.4, 0.5) is 0 Å². The molecule has 1 saturated carbocycles. The van der Waals surface area contributed by atoms with E-state index in [0.29, 0.717) is 0 Å². The maximum atomic E-state index is 5.95. The fourth-order valence-electron chi connectivity index (χ4n) is 3.24. The third-order valence-electron chi connectivity index (χ3n) is 4.31. The van der Waals surface area contributed by atoms with Crippen molar-refractivity contribution in [2.75, 3.05) is 14.2 Å². The molecular formula is C15H24N2O. The summed E-state index contributed by atoms with van der Waals surface area (Å²) in [6.45, 7) is 2.15. The number of likely N-dealkylation sites (N-methyl/N-ethyl adjacent to an activating group) is 1. The Labute approximate surface area is 110 Å². The van der Waals surface area contributed by atoms with E-state index >= 15 is 0 Å².